The summed E-state index contributed by atoms with van der Waals surface area (Å²) in [6.45, 7) is 0. The molecule has 1 heterocycles. The van der Waals surface area contributed by atoms with Crippen LogP contribution < -0.4 is 11.3 Å². The molecule has 1 aliphatic rings. The van der Waals surface area contributed by atoms with E-state index in [1.165, 1.54) is 24.5 Å². The van der Waals surface area contributed by atoms with Crippen LogP contribution >= 0.6 is 11.3 Å². The minimum atomic E-state index is -0.189. The summed E-state index contributed by atoms with van der Waals surface area (Å²) in [5.74, 6) is 5.54. The molecule has 1 aliphatic carbocycles. The van der Waals surface area contributed by atoms with Crippen molar-refractivity contribution in [2.45, 2.75) is 31.7 Å². The van der Waals surface area contributed by atoms with Crippen LogP contribution in [0.15, 0.2) is 35.9 Å². The summed E-state index contributed by atoms with van der Waals surface area (Å²) in [5.41, 5.74) is 4.27. The van der Waals surface area contributed by atoms with Gasteiger partial charge in [-0.2, -0.15) is 0 Å². The highest BCUT2D eigenvalue weighted by Gasteiger charge is 2.19. The van der Waals surface area contributed by atoms with E-state index < -0.39 is 0 Å². The van der Waals surface area contributed by atoms with Gasteiger partial charge in [0.25, 0.3) is 0 Å². The number of nitrogens with one attached hydrogen (secondary N) is 1. The lowest BCUT2D eigenvalue weighted by molar-refractivity contribution is 0.572. The fourth-order valence-electron chi connectivity index (χ4n) is 2.67. The van der Waals surface area contributed by atoms with Gasteiger partial charge in [0.15, 0.2) is 0 Å². The number of halogens is 1. The maximum atomic E-state index is 13.2. The van der Waals surface area contributed by atoms with Crippen LogP contribution in [0.1, 0.15) is 36.6 Å². The van der Waals surface area contributed by atoms with Crippen LogP contribution in [-0.2, 0) is 0 Å². The van der Waals surface area contributed by atoms with Gasteiger partial charge < -0.3 is 0 Å². The Morgan fingerprint density at radius 2 is 2.16 bits per heavy atom. The Labute approximate surface area is 116 Å². The lowest BCUT2D eigenvalue weighted by Crippen LogP contribution is -2.29. The Bertz CT molecular complexity index is 618. The molecule has 0 aliphatic heterocycles. The second-order valence-corrected chi connectivity index (χ2v) is 6.07. The molecule has 0 amide bonds. The zero-order chi connectivity index (χ0) is 13.2. The molecule has 3 N–H and O–H groups in total. The maximum Gasteiger partial charge on any atom is 0.123 e. The number of nitrogens with two attached hydrogens (primary N) is 1. The van der Waals surface area contributed by atoms with Gasteiger partial charge in [-0.15, -0.1) is 11.3 Å². The van der Waals surface area contributed by atoms with E-state index in [0.717, 1.165) is 27.8 Å². The number of hydrazine groups is 1. The topological polar surface area (TPSA) is 38.0 Å². The molecule has 0 bridgehead atoms. The summed E-state index contributed by atoms with van der Waals surface area (Å²) in [4.78, 5) is 1.16. The van der Waals surface area contributed by atoms with E-state index in [-0.39, 0.29) is 11.9 Å². The zero-order valence-corrected chi connectivity index (χ0v) is 11.5. The fraction of sp³-hybridized carbons (Fsp3) is 0.333. The van der Waals surface area contributed by atoms with Crippen LogP contribution in [0.3, 0.4) is 0 Å². The lowest BCUT2D eigenvalue weighted by Gasteiger charge is -2.21. The molecular formula is C15H17FN2S. The molecule has 0 spiro atoms. The molecule has 2 nitrogen and oxygen atoms in total. The standard InChI is InChI=1S/C15H17FN2S/c16-12-6-7-13-11(8-12)9-14(19-13)15(18-17)10-4-2-1-3-5-10/h4,6-9,15,18H,1-3,5,17H2. The van der Waals surface area contributed by atoms with E-state index in [0.29, 0.717) is 0 Å². The third-order valence-corrected chi connectivity index (χ3v) is 4.83. The predicted molar refractivity (Wildman–Crippen MR) is 78.4 cm³/mol. The average molecular weight is 276 g/mol. The van der Waals surface area contributed by atoms with Crippen LogP contribution in [0.4, 0.5) is 4.39 Å². The van der Waals surface area contributed by atoms with Gasteiger partial charge in [0.2, 0.25) is 0 Å². The van der Waals surface area contributed by atoms with Crippen molar-refractivity contribution in [2.75, 3.05) is 0 Å². The van der Waals surface area contributed by atoms with Gasteiger partial charge in [-0.05, 0) is 55.3 Å². The Balaban J connectivity index is 1.98. The molecule has 0 saturated carbocycles. The van der Waals surface area contributed by atoms with E-state index >= 15 is 0 Å². The first-order valence-corrected chi connectivity index (χ1v) is 7.43. The minimum Gasteiger partial charge on any atom is -0.271 e. The summed E-state index contributed by atoms with van der Waals surface area (Å²) >= 11 is 1.68. The normalized spacial score (nSPS) is 17.5. The molecule has 100 valence electrons. The molecular weight excluding hydrogens is 259 g/mol. The molecule has 0 saturated heterocycles. The van der Waals surface area contributed by atoms with Crippen LogP contribution in [0.2, 0.25) is 0 Å². The van der Waals surface area contributed by atoms with Gasteiger partial charge in [-0.25, -0.2) is 9.82 Å². The number of allylic oxidation sites excluding steroid dienone is 1. The van der Waals surface area contributed by atoms with Gasteiger partial charge in [0, 0.05) is 9.58 Å². The first-order chi connectivity index (χ1) is 9.28. The van der Waals surface area contributed by atoms with Gasteiger partial charge in [0.05, 0.1) is 6.04 Å². The second kappa shape index (κ2) is 5.41. The van der Waals surface area contributed by atoms with Gasteiger partial charge in [-0.3, -0.25) is 5.84 Å². The van der Waals surface area contributed by atoms with E-state index in [4.69, 9.17) is 5.84 Å². The van der Waals surface area contributed by atoms with Crippen molar-refractivity contribution in [3.8, 4) is 0 Å². The summed E-state index contributed by atoms with van der Waals surface area (Å²) in [6, 6.07) is 7.04. The highest BCUT2D eigenvalue weighted by atomic mass is 32.1. The van der Waals surface area contributed by atoms with Crippen molar-refractivity contribution >= 4 is 21.4 Å². The van der Waals surface area contributed by atoms with Crippen molar-refractivity contribution in [1.29, 1.82) is 0 Å². The third kappa shape index (κ3) is 2.56. The largest absolute Gasteiger partial charge is 0.271 e. The van der Waals surface area contributed by atoms with Crippen molar-refractivity contribution in [3.63, 3.8) is 0 Å². The smallest absolute Gasteiger partial charge is 0.123 e. The number of thiophene rings is 1. The molecule has 2 aromatic rings. The summed E-state index contributed by atoms with van der Waals surface area (Å²) in [6.07, 6.45) is 7.01. The van der Waals surface area contributed by atoms with Crippen LogP contribution in [0.5, 0.6) is 0 Å². The van der Waals surface area contributed by atoms with Gasteiger partial charge in [-0.1, -0.05) is 11.6 Å². The first-order valence-electron chi connectivity index (χ1n) is 6.62. The van der Waals surface area contributed by atoms with Crippen LogP contribution in [0.25, 0.3) is 10.1 Å². The SMILES string of the molecule is NNC(C1=CCCCC1)c1cc2cc(F)ccc2s1. The van der Waals surface area contributed by atoms with Crippen molar-refractivity contribution in [1.82, 2.24) is 5.43 Å². The third-order valence-electron chi connectivity index (χ3n) is 3.65. The highest BCUT2D eigenvalue weighted by molar-refractivity contribution is 7.19. The first kappa shape index (κ1) is 12.8. The molecule has 0 radical (unpaired) electrons. The van der Waals surface area contributed by atoms with Crippen molar-refractivity contribution < 1.29 is 4.39 Å². The fourth-order valence-corrected chi connectivity index (χ4v) is 3.82. The number of rotatable bonds is 3. The van der Waals surface area contributed by atoms with E-state index in [1.54, 1.807) is 17.4 Å². The predicted octanol–water partition coefficient (Wildman–Crippen LogP) is 4.05. The van der Waals surface area contributed by atoms with Crippen LogP contribution in [0, 0.1) is 5.82 Å². The second-order valence-electron chi connectivity index (χ2n) is 4.96. The lowest BCUT2D eigenvalue weighted by atomic mass is 9.93. The van der Waals surface area contributed by atoms with Crippen LogP contribution in [-0.4, -0.2) is 0 Å². The zero-order valence-electron chi connectivity index (χ0n) is 10.7. The van der Waals surface area contributed by atoms with E-state index in [1.807, 2.05) is 12.1 Å². The molecule has 4 heteroatoms. The Hall–Kier alpha value is -1.23. The van der Waals surface area contributed by atoms with E-state index in [9.17, 15) is 4.39 Å². The minimum absolute atomic E-state index is 0.0701. The molecule has 1 aromatic heterocycles. The molecule has 0 fully saturated rings. The summed E-state index contributed by atoms with van der Waals surface area (Å²) < 4.78 is 14.3. The molecule has 1 aromatic carbocycles. The molecule has 1 atom stereocenters. The van der Waals surface area contributed by atoms with Gasteiger partial charge in [0.1, 0.15) is 5.82 Å². The van der Waals surface area contributed by atoms with Crippen molar-refractivity contribution in [3.05, 3.63) is 46.6 Å². The van der Waals surface area contributed by atoms with Gasteiger partial charge >= 0.3 is 0 Å². The number of benzene rings is 1. The maximum absolute atomic E-state index is 13.2. The highest BCUT2D eigenvalue weighted by Crippen LogP contribution is 2.36. The number of hydrogen-bond acceptors (Lipinski definition) is 3. The molecule has 1 unspecified atom stereocenters. The Kier molecular flexibility index (Phi) is 3.64. The summed E-state index contributed by atoms with van der Waals surface area (Å²) in [5, 5.41) is 0.955. The number of fused-ring (bicyclic) bond motifs is 1. The molecule has 3 rings (SSSR count). The summed E-state index contributed by atoms with van der Waals surface area (Å²) in [7, 11) is 0. The molecule has 19 heavy (non-hydrogen) atoms. The number of hydrogen-bond donors (Lipinski definition) is 2. The Morgan fingerprint density at radius 1 is 1.26 bits per heavy atom. The Morgan fingerprint density at radius 3 is 2.89 bits per heavy atom. The quantitative estimate of drug-likeness (QED) is 0.504. The van der Waals surface area contributed by atoms with E-state index in [2.05, 4.69) is 11.5 Å². The van der Waals surface area contributed by atoms with Crippen molar-refractivity contribution in [2.24, 2.45) is 5.84 Å². The average Bonchev–Trinajstić information content (AvgIpc) is 2.83. The monoisotopic (exact) mass is 276 g/mol.